The van der Waals surface area contributed by atoms with E-state index in [1.807, 2.05) is 0 Å². The fourth-order valence-electron chi connectivity index (χ4n) is 0.846. The number of hydrogen-bond acceptors (Lipinski definition) is 4. The third kappa shape index (κ3) is 2.13. The van der Waals surface area contributed by atoms with Crippen molar-refractivity contribution >= 4 is 17.6 Å². The molecule has 1 N–H and O–H groups in total. The number of alkyl halides is 2. The molecule has 0 fully saturated rings. The largest absolute Gasteiger partial charge is 0.383 e. The molecule has 1 heterocycles. The Balaban J connectivity index is 3.20. The van der Waals surface area contributed by atoms with Crippen LogP contribution in [0.25, 0.3) is 0 Å². The van der Waals surface area contributed by atoms with Crippen LogP contribution in [0.2, 0.25) is 0 Å². The minimum atomic E-state index is -2.79. The second kappa shape index (κ2) is 3.70. The maximum atomic E-state index is 12.3. The Morgan fingerprint density at radius 1 is 1.57 bits per heavy atom. The van der Waals surface area contributed by atoms with E-state index >= 15 is 0 Å². The number of nitrogens with zero attached hydrogens (tertiary/aromatic N) is 1. The Kier molecular flexibility index (Phi) is 2.96. The summed E-state index contributed by atoms with van der Waals surface area (Å²) in [5.74, 6) is 0. The first-order chi connectivity index (χ1) is 6.36. The molecule has 1 aromatic heterocycles. The van der Waals surface area contributed by atoms with Crippen LogP contribution < -0.4 is 0 Å². The summed E-state index contributed by atoms with van der Waals surface area (Å²) in [7, 11) is 0. The van der Waals surface area contributed by atoms with Crippen molar-refractivity contribution in [3.05, 3.63) is 15.6 Å². The first-order valence-corrected chi connectivity index (χ1v) is 4.65. The quantitative estimate of drug-likeness (QED) is 0.795. The predicted octanol–water partition coefficient (Wildman–Crippen LogP) is 2.12. The van der Waals surface area contributed by atoms with Gasteiger partial charge in [-0.15, -0.1) is 11.3 Å². The molecule has 3 nitrogen and oxygen atoms in total. The SMILES string of the molecule is CC(C)(O)c1nc(C(F)F)c(C=O)s1. The Hall–Kier alpha value is -0.880. The number of aliphatic hydroxyl groups is 1. The molecule has 1 rings (SSSR count). The van der Waals surface area contributed by atoms with Crippen LogP contribution >= 0.6 is 11.3 Å². The number of rotatable bonds is 3. The zero-order valence-electron chi connectivity index (χ0n) is 7.62. The maximum absolute atomic E-state index is 12.3. The van der Waals surface area contributed by atoms with Gasteiger partial charge in [0.1, 0.15) is 16.3 Å². The molecule has 0 saturated heterocycles. The van der Waals surface area contributed by atoms with E-state index in [4.69, 9.17) is 0 Å². The highest BCUT2D eigenvalue weighted by molar-refractivity contribution is 7.13. The lowest BCUT2D eigenvalue weighted by Crippen LogP contribution is -2.14. The molecule has 0 atom stereocenters. The minimum Gasteiger partial charge on any atom is -0.383 e. The van der Waals surface area contributed by atoms with Gasteiger partial charge in [0.25, 0.3) is 6.43 Å². The van der Waals surface area contributed by atoms with E-state index in [2.05, 4.69) is 4.98 Å². The molecular formula is C8H9F2NO2S. The van der Waals surface area contributed by atoms with Gasteiger partial charge >= 0.3 is 0 Å². The monoisotopic (exact) mass is 221 g/mol. The topological polar surface area (TPSA) is 50.2 Å². The first-order valence-electron chi connectivity index (χ1n) is 3.83. The van der Waals surface area contributed by atoms with Crippen molar-refractivity contribution in [3.63, 3.8) is 0 Å². The summed E-state index contributed by atoms with van der Waals surface area (Å²) >= 11 is 0.786. The third-order valence-corrected chi connectivity index (χ3v) is 2.83. The lowest BCUT2D eigenvalue weighted by molar-refractivity contribution is 0.0769. The van der Waals surface area contributed by atoms with E-state index < -0.39 is 17.7 Å². The van der Waals surface area contributed by atoms with E-state index in [9.17, 15) is 18.7 Å². The molecule has 78 valence electrons. The first kappa shape index (κ1) is 11.2. The molecule has 0 aromatic carbocycles. The van der Waals surface area contributed by atoms with Crippen LogP contribution in [0.5, 0.6) is 0 Å². The number of aldehydes is 1. The van der Waals surface area contributed by atoms with Crippen LogP contribution in [-0.4, -0.2) is 16.4 Å². The van der Waals surface area contributed by atoms with E-state index in [0.29, 0.717) is 6.29 Å². The van der Waals surface area contributed by atoms with Gasteiger partial charge in [0.2, 0.25) is 0 Å². The van der Waals surface area contributed by atoms with Crippen molar-refractivity contribution < 1.29 is 18.7 Å². The lowest BCUT2D eigenvalue weighted by Gasteiger charge is -2.12. The van der Waals surface area contributed by atoms with E-state index in [1.165, 1.54) is 13.8 Å². The number of aromatic nitrogens is 1. The molecule has 0 aliphatic rings. The van der Waals surface area contributed by atoms with Crippen molar-refractivity contribution in [2.45, 2.75) is 25.9 Å². The zero-order chi connectivity index (χ0) is 10.9. The molecular weight excluding hydrogens is 212 g/mol. The van der Waals surface area contributed by atoms with Crippen LogP contribution in [-0.2, 0) is 5.60 Å². The van der Waals surface area contributed by atoms with Gasteiger partial charge in [-0.25, -0.2) is 13.8 Å². The number of halogens is 2. The van der Waals surface area contributed by atoms with Crippen LogP contribution in [0.1, 0.15) is 40.6 Å². The van der Waals surface area contributed by atoms with E-state index in [0.717, 1.165) is 11.3 Å². The Bertz CT molecular complexity index is 344. The van der Waals surface area contributed by atoms with Crippen molar-refractivity contribution in [2.75, 3.05) is 0 Å². The normalized spacial score (nSPS) is 12.1. The van der Waals surface area contributed by atoms with E-state index in [1.54, 1.807) is 0 Å². The Morgan fingerprint density at radius 2 is 2.14 bits per heavy atom. The molecule has 0 radical (unpaired) electrons. The summed E-state index contributed by atoms with van der Waals surface area (Å²) in [5, 5.41) is 9.61. The molecule has 1 aromatic rings. The molecule has 0 saturated carbocycles. The van der Waals surface area contributed by atoms with Crippen LogP contribution in [0.3, 0.4) is 0 Å². The molecule has 0 aliphatic carbocycles. The van der Waals surface area contributed by atoms with Gasteiger partial charge in [-0.2, -0.15) is 0 Å². The highest BCUT2D eigenvalue weighted by Gasteiger charge is 2.26. The van der Waals surface area contributed by atoms with Gasteiger partial charge < -0.3 is 5.11 Å². The van der Waals surface area contributed by atoms with Crippen molar-refractivity contribution in [1.29, 1.82) is 0 Å². The summed E-state index contributed by atoms with van der Waals surface area (Å²) in [6.07, 6.45) is -2.46. The molecule has 0 unspecified atom stereocenters. The van der Waals surface area contributed by atoms with Gasteiger partial charge in [0, 0.05) is 0 Å². The summed E-state index contributed by atoms with van der Waals surface area (Å²) < 4.78 is 24.6. The number of hydrogen-bond donors (Lipinski definition) is 1. The fraction of sp³-hybridized carbons (Fsp3) is 0.500. The second-order valence-corrected chi connectivity index (χ2v) is 4.28. The van der Waals surface area contributed by atoms with Crippen LogP contribution in [0.4, 0.5) is 8.78 Å². The summed E-state index contributed by atoms with van der Waals surface area (Å²) in [4.78, 5) is 13.8. The standard InChI is InChI=1S/C8H9F2NO2S/c1-8(2,13)7-11-5(6(9)10)4(3-12)14-7/h3,6,13H,1-2H3. The summed E-state index contributed by atoms with van der Waals surface area (Å²) in [5.41, 5.74) is -1.85. The zero-order valence-corrected chi connectivity index (χ0v) is 8.44. The lowest BCUT2D eigenvalue weighted by atomic mass is 10.1. The molecule has 6 heteroatoms. The van der Waals surface area contributed by atoms with Crippen molar-refractivity contribution in [2.24, 2.45) is 0 Å². The molecule has 0 bridgehead atoms. The van der Waals surface area contributed by atoms with Crippen LogP contribution in [0.15, 0.2) is 0 Å². The second-order valence-electron chi connectivity index (χ2n) is 3.25. The van der Waals surface area contributed by atoms with Gasteiger partial charge in [0.15, 0.2) is 6.29 Å². The summed E-state index contributed by atoms with van der Waals surface area (Å²) in [6, 6.07) is 0. The van der Waals surface area contributed by atoms with Crippen molar-refractivity contribution in [1.82, 2.24) is 4.98 Å². The summed E-state index contributed by atoms with van der Waals surface area (Å²) in [6.45, 7) is 2.85. The van der Waals surface area contributed by atoms with Gasteiger partial charge in [-0.05, 0) is 13.8 Å². The molecule has 0 aliphatic heterocycles. The van der Waals surface area contributed by atoms with Gasteiger partial charge in [-0.1, -0.05) is 0 Å². The fourth-order valence-corrected chi connectivity index (χ4v) is 1.74. The number of carbonyl (C=O) groups excluding carboxylic acids is 1. The smallest absolute Gasteiger partial charge is 0.281 e. The van der Waals surface area contributed by atoms with Crippen LogP contribution in [0, 0.1) is 0 Å². The maximum Gasteiger partial charge on any atom is 0.281 e. The minimum absolute atomic E-state index is 0.120. The average Bonchev–Trinajstić information content (AvgIpc) is 2.45. The number of carbonyl (C=O) groups is 1. The highest BCUT2D eigenvalue weighted by Crippen LogP contribution is 2.31. The highest BCUT2D eigenvalue weighted by atomic mass is 32.1. The molecule has 0 amide bonds. The van der Waals surface area contributed by atoms with Gasteiger partial charge in [-0.3, -0.25) is 4.79 Å². The Morgan fingerprint density at radius 3 is 2.43 bits per heavy atom. The molecule has 0 spiro atoms. The predicted molar refractivity (Wildman–Crippen MR) is 47.7 cm³/mol. The van der Waals surface area contributed by atoms with Crippen molar-refractivity contribution in [3.8, 4) is 0 Å². The molecule has 14 heavy (non-hydrogen) atoms. The third-order valence-electron chi connectivity index (χ3n) is 1.52. The van der Waals surface area contributed by atoms with Gasteiger partial charge in [0.05, 0.1) is 4.88 Å². The Labute approximate surface area is 83.4 Å². The van der Waals surface area contributed by atoms with E-state index in [-0.39, 0.29) is 9.88 Å². The number of thiazole rings is 1. The average molecular weight is 221 g/mol.